The van der Waals surface area contributed by atoms with E-state index in [1.165, 1.54) is 16.6 Å². The minimum absolute atomic E-state index is 0.0461. The molecule has 1 atom stereocenters. The Morgan fingerprint density at radius 1 is 1.12 bits per heavy atom. The van der Waals surface area contributed by atoms with Crippen LogP contribution in [0.1, 0.15) is 17.3 Å². The number of Topliss-reactive ketones (excluding diaryl/α,β-unsaturated/α-hetero) is 1. The fourth-order valence-electron chi connectivity index (χ4n) is 2.92. The molecule has 6 nitrogen and oxygen atoms in total. The number of hydrogen-bond acceptors (Lipinski definition) is 5. The van der Waals surface area contributed by atoms with Gasteiger partial charge in [-0.2, -0.15) is 8.42 Å². The molecule has 1 aliphatic heterocycles. The van der Waals surface area contributed by atoms with Crippen molar-refractivity contribution in [3.05, 3.63) is 66.0 Å². The largest absolute Gasteiger partial charge is 0.383 e. The molecule has 1 unspecified atom stereocenters. The molecule has 25 heavy (non-hydrogen) atoms. The summed E-state index contributed by atoms with van der Waals surface area (Å²) >= 11 is 0. The van der Waals surface area contributed by atoms with E-state index >= 15 is 0 Å². The maximum Gasteiger partial charge on any atom is 0.282 e. The lowest BCUT2D eigenvalue weighted by Gasteiger charge is -2.36. The highest BCUT2D eigenvalue weighted by molar-refractivity contribution is 7.92. The van der Waals surface area contributed by atoms with Crippen molar-refractivity contribution in [2.24, 2.45) is 0 Å². The van der Waals surface area contributed by atoms with Gasteiger partial charge in [0.2, 0.25) is 0 Å². The molecule has 130 valence electrons. The van der Waals surface area contributed by atoms with Crippen molar-refractivity contribution < 1.29 is 13.2 Å². The molecule has 0 radical (unpaired) electrons. The van der Waals surface area contributed by atoms with Crippen molar-refractivity contribution in [3.63, 3.8) is 0 Å². The van der Waals surface area contributed by atoms with Crippen LogP contribution in [0.15, 0.2) is 65.5 Å². The zero-order valence-corrected chi connectivity index (χ0v) is 15.1. The van der Waals surface area contributed by atoms with Crippen molar-refractivity contribution in [1.82, 2.24) is 9.88 Å². The van der Waals surface area contributed by atoms with E-state index in [9.17, 15) is 13.2 Å². The molecule has 3 rings (SSSR count). The lowest BCUT2D eigenvalue weighted by Crippen LogP contribution is -2.46. The van der Waals surface area contributed by atoms with Gasteiger partial charge in [0.05, 0.1) is 11.7 Å². The van der Waals surface area contributed by atoms with E-state index < -0.39 is 16.1 Å². The first-order chi connectivity index (χ1) is 11.8. The van der Waals surface area contributed by atoms with Crippen LogP contribution in [0.25, 0.3) is 0 Å². The summed E-state index contributed by atoms with van der Waals surface area (Å²) in [6.07, 6.45) is 3.11. The Balaban J connectivity index is 2.25. The second kappa shape index (κ2) is 6.33. The number of nitrogens with zero attached hydrogens (tertiary/aromatic N) is 3. The summed E-state index contributed by atoms with van der Waals surface area (Å²) in [6.45, 7) is 1.71. The standard InChI is InChI=1S/C18H19N3O3S/c1-13-15(12-20(2)3)18(22)14-8-4-5-9-16(14)21(13)25(23,24)17-10-6-7-11-19-17/h4-13H,1-3H3/b15-12-. The van der Waals surface area contributed by atoms with Crippen LogP contribution in [0.4, 0.5) is 5.69 Å². The van der Waals surface area contributed by atoms with Gasteiger partial charge in [0.1, 0.15) is 0 Å². The number of hydrogen-bond donors (Lipinski definition) is 0. The van der Waals surface area contributed by atoms with Crippen LogP contribution in [-0.2, 0) is 10.0 Å². The molecule has 7 heteroatoms. The SMILES string of the molecule is CC1/C(=C/N(C)C)C(=O)c2ccccc2N1S(=O)(=O)c1ccccn1. The minimum Gasteiger partial charge on any atom is -0.383 e. The highest BCUT2D eigenvalue weighted by atomic mass is 32.2. The zero-order valence-electron chi connectivity index (χ0n) is 14.2. The van der Waals surface area contributed by atoms with Crippen molar-refractivity contribution in [3.8, 4) is 0 Å². The summed E-state index contributed by atoms with van der Waals surface area (Å²) in [6, 6.07) is 10.8. The summed E-state index contributed by atoms with van der Waals surface area (Å²) in [4.78, 5) is 18.6. The summed E-state index contributed by atoms with van der Waals surface area (Å²) in [5.41, 5.74) is 1.16. The van der Waals surface area contributed by atoms with Gasteiger partial charge in [-0.15, -0.1) is 0 Å². The van der Waals surface area contributed by atoms with Crippen LogP contribution in [0, 0.1) is 0 Å². The number of para-hydroxylation sites is 1. The van der Waals surface area contributed by atoms with E-state index in [4.69, 9.17) is 0 Å². The Morgan fingerprint density at radius 2 is 1.80 bits per heavy atom. The number of anilines is 1. The Morgan fingerprint density at radius 3 is 2.44 bits per heavy atom. The Bertz CT molecular complexity index is 937. The van der Waals surface area contributed by atoms with Crippen LogP contribution >= 0.6 is 0 Å². The lowest BCUT2D eigenvalue weighted by molar-refractivity contribution is 0.102. The van der Waals surface area contributed by atoms with Gasteiger partial charge in [-0.05, 0) is 31.2 Å². The summed E-state index contributed by atoms with van der Waals surface area (Å²) in [5, 5.41) is -0.0461. The monoisotopic (exact) mass is 357 g/mol. The highest BCUT2D eigenvalue weighted by Crippen LogP contribution is 2.37. The molecule has 1 aromatic carbocycles. The van der Waals surface area contributed by atoms with Gasteiger partial charge in [-0.3, -0.25) is 9.10 Å². The molecule has 0 N–H and O–H groups in total. The number of rotatable bonds is 3. The quantitative estimate of drug-likeness (QED) is 0.789. The van der Waals surface area contributed by atoms with E-state index in [2.05, 4.69) is 4.98 Å². The molecule has 0 saturated heterocycles. The summed E-state index contributed by atoms with van der Waals surface area (Å²) in [7, 11) is -0.313. The predicted molar refractivity (Wildman–Crippen MR) is 95.9 cm³/mol. The molecular weight excluding hydrogens is 338 g/mol. The molecular formula is C18H19N3O3S. The van der Waals surface area contributed by atoms with Crippen LogP contribution in [-0.4, -0.2) is 44.2 Å². The van der Waals surface area contributed by atoms with E-state index in [-0.39, 0.29) is 10.8 Å². The molecule has 0 spiro atoms. The van der Waals surface area contributed by atoms with Crippen molar-refractivity contribution in [2.45, 2.75) is 18.0 Å². The Labute approximate surface area is 147 Å². The molecule has 1 aromatic heterocycles. The number of fused-ring (bicyclic) bond motifs is 1. The van der Waals surface area contributed by atoms with Crippen LogP contribution < -0.4 is 4.31 Å². The first-order valence-corrected chi connectivity index (χ1v) is 9.25. The van der Waals surface area contributed by atoms with Crippen molar-refractivity contribution in [2.75, 3.05) is 18.4 Å². The van der Waals surface area contributed by atoms with Crippen LogP contribution in [0.2, 0.25) is 0 Å². The number of sulfonamides is 1. The second-order valence-electron chi connectivity index (χ2n) is 6.04. The number of carbonyl (C=O) groups is 1. The van der Waals surface area contributed by atoms with E-state index in [1.54, 1.807) is 68.5 Å². The highest BCUT2D eigenvalue weighted by Gasteiger charge is 2.40. The predicted octanol–water partition coefficient (Wildman–Crippen LogP) is 2.31. The molecule has 0 bridgehead atoms. The van der Waals surface area contributed by atoms with Gasteiger partial charge in [-0.25, -0.2) is 4.98 Å². The van der Waals surface area contributed by atoms with Gasteiger partial charge in [0, 0.05) is 37.6 Å². The maximum atomic E-state index is 13.2. The van der Waals surface area contributed by atoms with Gasteiger partial charge in [0.15, 0.2) is 10.8 Å². The van der Waals surface area contributed by atoms with Crippen LogP contribution in [0.5, 0.6) is 0 Å². The summed E-state index contributed by atoms with van der Waals surface area (Å²) in [5.74, 6) is -0.163. The molecule has 0 amide bonds. The van der Waals surface area contributed by atoms with Crippen LogP contribution in [0.3, 0.4) is 0 Å². The van der Waals surface area contributed by atoms with Gasteiger partial charge >= 0.3 is 0 Å². The molecule has 0 saturated carbocycles. The number of aromatic nitrogens is 1. The third kappa shape index (κ3) is 2.91. The molecule has 2 aromatic rings. The first kappa shape index (κ1) is 17.2. The molecule has 0 fully saturated rings. The summed E-state index contributed by atoms with van der Waals surface area (Å²) < 4.78 is 27.7. The third-order valence-electron chi connectivity index (χ3n) is 4.01. The van der Waals surface area contributed by atoms with Crippen molar-refractivity contribution >= 4 is 21.5 Å². The average molecular weight is 357 g/mol. The van der Waals surface area contributed by atoms with E-state index in [0.29, 0.717) is 16.8 Å². The van der Waals surface area contributed by atoms with Gasteiger partial charge < -0.3 is 4.90 Å². The van der Waals surface area contributed by atoms with Crippen molar-refractivity contribution in [1.29, 1.82) is 0 Å². The Hall–Kier alpha value is -2.67. The maximum absolute atomic E-state index is 13.2. The topological polar surface area (TPSA) is 70.6 Å². The first-order valence-electron chi connectivity index (χ1n) is 7.81. The van der Waals surface area contributed by atoms with Gasteiger partial charge in [-0.1, -0.05) is 18.2 Å². The molecule has 1 aliphatic rings. The fourth-order valence-corrected chi connectivity index (χ4v) is 4.51. The van der Waals surface area contributed by atoms with Gasteiger partial charge in [0.25, 0.3) is 10.0 Å². The lowest BCUT2D eigenvalue weighted by atomic mass is 9.93. The molecule has 2 heterocycles. The number of benzene rings is 1. The zero-order chi connectivity index (χ0) is 18.2. The number of ketones is 1. The third-order valence-corrected chi connectivity index (χ3v) is 5.81. The number of pyridine rings is 1. The van der Waals surface area contributed by atoms with E-state index in [0.717, 1.165) is 0 Å². The number of carbonyl (C=O) groups excluding carboxylic acids is 1. The smallest absolute Gasteiger partial charge is 0.282 e. The average Bonchev–Trinajstić information content (AvgIpc) is 2.59. The van der Waals surface area contributed by atoms with E-state index in [1.807, 2.05) is 0 Å². The minimum atomic E-state index is -3.91. The normalized spacial score (nSPS) is 19.0. The fraction of sp³-hybridized carbons (Fsp3) is 0.222. The Kier molecular flexibility index (Phi) is 4.34. The molecule has 0 aliphatic carbocycles. The second-order valence-corrected chi connectivity index (χ2v) is 7.80.